The van der Waals surface area contributed by atoms with Crippen LogP contribution >= 0.6 is 35.0 Å². The number of para-hydroxylation sites is 1. The maximum absolute atomic E-state index is 12.4. The van der Waals surface area contributed by atoms with E-state index in [9.17, 15) is 13.2 Å². The van der Waals surface area contributed by atoms with Crippen LogP contribution in [0.15, 0.2) is 53.5 Å². The number of ether oxygens (including phenoxy) is 1. The highest BCUT2D eigenvalue weighted by Gasteiger charge is 2.49. The maximum atomic E-state index is 12.4. The van der Waals surface area contributed by atoms with Crippen LogP contribution in [0.1, 0.15) is 0 Å². The molecule has 0 bridgehead atoms. The molecule has 0 aromatic heterocycles. The Kier molecular flexibility index (Phi) is 5.79. The highest BCUT2D eigenvalue weighted by molar-refractivity contribution is 8.16. The lowest BCUT2D eigenvalue weighted by atomic mass is 10.2. The summed E-state index contributed by atoms with van der Waals surface area (Å²) in [7, 11) is -3.17. The number of aliphatic imine (C=N–C) groups is 1. The number of benzene rings is 2. The van der Waals surface area contributed by atoms with Crippen LogP contribution in [0.25, 0.3) is 0 Å². The molecule has 2 aromatic carbocycles. The second-order valence-electron chi connectivity index (χ2n) is 6.63. The zero-order valence-corrected chi connectivity index (χ0v) is 18.1. The monoisotopic (exact) mass is 470 g/mol. The van der Waals surface area contributed by atoms with Crippen LogP contribution in [0, 0.1) is 0 Å². The second kappa shape index (κ2) is 8.18. The average molecular weight is 471 g/mol. The minimum Gasteiger partial charge on any atom is -0.484 e. The van der Waals surface area contributed by atoms with Gasteiger partial charge in [0.1, 0.15) is 5.75 Å². The van der Waals surface area contributed by atoms with Crippen molar-refractivity contribution in [2.45, 2.75) is 11.3 Å². The number of fused-ring (bicyclic) bond motifs is 1. The third kappa shape index (κ3) is 4.40. The summed E-state index contributed by atoms with van der Waals surface area (Å²) in [6, 6.07) is 13.7. The summed E-state index contributed by atoms with van der Waals surface area (Å²) in [5.41, 5.74) is 0.534. The Hall–Kier alpha value is -1.74. The van der Waals surface area contributed by atoms with E-state index in [1.807, 2.05) is 18.2 Å². The Bertz CT molecular complexity index is 1080. The number of sulfone groups is 1. The number of halogens is 2. The lowest BCUT2D eigenvalue weighted by Crippen LogP contribution is -2.38. The fraction of sp³-hybridized carbons (Fsp3) is 0.263. The number of carbonyl (C=O) groups excluding carboxylic acids is 1. The van der Waals surface area contributed by atoms with Crippen LogP contribution < -0.4 is 9.64 Å². The highest BCUT2D eigenvalue weighted by atomic mass is 35.5. The number of amidine groups is 1. The van der Waals surface area contributed by atoms with E-state index >= 15 is 0 Å². The van der Waals surface area contributed by atoms with Gasteiger partial charge in [0.25, 0.3) is 5.91 Å². The molecule has 2 aliphatic rings. The SMILES string of the molecule is O=C(COc1ccccc1)N=C1S[C@@H]2CS(=O)(=O)C[C@H]2N1c1cccc(Cl)c1Cl. The molecule has 0 spiro atoms. The molecule has 2 fully saturated rings. The van der Waals surface area contributed by atoms with Gasteiger partial charge in [-0.1, -0.05) is 59.2 Å². The first kappa shape index (κ1) is 20.5. The van der Waals surface area contributed by atoms with Gasteiger partial charge in [-0.25, -0.2) is 8.42 Å². The van der Waals surface area contributed by atoms with Crippen molar-refractivity contribution in [2.75, 3.05) is 23.0 Å². The molecule has 2 atom stereocenters. The predicted molar refractivity (Wildman–Crippen MR) is 117 cm³/mol. The molecule has 2 aliphatic heterocycles. The Morgan fingerprint density at radius 3 is 2.66 bits per heavy atom. The van der Waals surface area contributed by atoms with Crippen molar-refractivity contribution in [1.82, 2.24) is 0 Å². The molecule has 0 N–H and O–H groups in total. The van der Waals surface area contributed by atoms with Crippen LogP contribution in [0.5, 0.6) is 5.75 Å². The summed E-state index contributed by atoms with van der Waals surface area (Å²) in [6.07, 6.45) is 0. The van der Waals surface area contributed by atoms with Gasteiger partial charge in [0.15, 0.2) is 21.6 Å². The Balaban J connectivity index is 1.62. The standard InChI is InChI=1S/C19H16Cl2N2O4S2/c20-13-7-4-8-14(18(13)21)23-15-10-29(25,26)11-16(15)28-19(23)22-17(24)9-27-12-5-2-1-3-6-12/h1-8,15-16H,9-11H2/t15-,16-/m1/s1. The van der Waals surface area contributed by atoms with Gasteiger partial charge in [-0.2, -0.15) is 4.99 Å². The van der Waals surface area contributed by atoms with Crippen molar-refractivity contribution in [2.24, 2.45) is 4.99 Å². The van der Waals surface area contributed by atoms with E-state index in [0.29, 0.717) is 26.6 Å². The Morgan fingerprint density at radius 2 is 1.90 bits per heavy atom. The van der Waals surface area contributed by atoms with Crippen molar-refractivity contribution in [1.29, 1.82) is 0 Å². The molecule has 6 nitrogen and oxygen atoms in total. The topological polar surface area (TPSA) is 76.0 Å². The first-order chi connectivity index (χ1) is 13.8. The van der Waals surface area contributed by atoms with Crippen molar-refractivity contribution >= 4 is 61.6 Å². The molecule has 0 unspecified atom stereocenters. The number of nitrogens with zero attached hydrogens (tertiary/aromatic N) is 2. The molecule has 2 aromatic rings. The number of carbonyl (C=O) groups is 1. The fourth-order valence-electron chi connectivity index (χ4n) is 3.33. The maximum Gasteiger partial charge on any atom is 0.285 e. The molecule has 0 radical (unpaired) electrons. The molecule has 4 rings (SSSR count). The number of hydrogen-bond acceptors (Lipinski definition) is 5. The van der Waals surface area contributed by atoms with Gasteiger partial charge in [-0.15, -0.1) is 0 Å². The van der Waals surface area contributed by atoms with Crippen LogP contribution in [0.2, 0.25) is 10.0 Å². The first-order valence-corrected chi connectivity index (χ1v) is 12.2. The van der Waals surface area contributed by atoms with Crippen molar-refractivity contribution in [3.8, 4) is 5.75 Å². The normalized spacial score (nSPS) is 23.9. The average Bonchev–Trinajstić information content (AvgIpc) is 3.14. The van der Waals surface area contributed by atoms with Gasteiger partial charge < -0.3 is 9.64 Å². The zero-order chi connectivity index (χ0) is 20.6. The molecule has 152 valence electrons. The molecule has 0 saturated carbocycles. The zero-order valence-electron chi connectivity index (χ0n) is 15.0. The van der Waals surface area contributed by atoms with Crippen LogP contribution in [0.4, 0.5) is 5.69 Å². The second-order valence-corrected chi connectivity index (χ2v) is 10.8. The highest BCUT2D eigenvalue weighted by Crippen LogP contribution is 2.44. The molecule has 2 heterocycles. The quantitative estimate of drug-likeness (QED) is 0.678. The van der Waals surface area contributed by atoms with Gasteiger partial charge in [0.2, 0.25) is 0 Å². The van der Waals surface area contributed by atoms with Gasteiger partial charge in [-0.05, 0) is 24.3 Å². The molecule has 1 amide bonds. The largest absolute Gasteiger partial charge is 0.484 e. The molecular weight excluding hydrogens is 455 g/mol. The minimum absolute atomic E-state index is 0.0266. The fourth-order valence-corrected chi connectivity index (χ4v) is 7.64. The van der Waals surface area contributed by atoms with E-state index in [2.05, 4.69) is 4.99 Å². The van der Waals surface area contributed by atoms with Gasteiger partial charge in [0, 0.05) is 5.25 Å². The van der Waals surface area contributed by atoms with Gasteiger partial charge in [0.05, 0.1) is 33.3 Å². The molecular formula is C19H16Cl2N2O4S2. The lowest BCUT2D eigenvalue weighted by Gasteiger charge is -2.25. The molecule has 10 heteroatoms. The van der Waals surface area contributed by atoms with E-state index in [-0.39, 0.29) is 29.4 Å². The summed E-state index contributed by atoms with van der Waals surface area (Å²) >= 11 is 13.8. The van der Waals surface area contributed by atoms with E-state index < -0.39 is 15.7 Å². The minimum atomic E-state index is -3.17. The van der Waals surface area contributed by atoms with E-state index in [4.69, 9.17) is 27.9 Å². The van der Waals surface area contributed by atoms with Gasteiger partial charge in [-0.3, -0.25) is 4.79 Å². The van der Waals surface area contributed by atoms with E-state index in [1.165, 1.54) is 11.8 Å². The van der Waals surface area contributed by atoms with Crippen LogP contribution in [0.3, 0.4) is 0 Å². The lowest BCUT2D eigenvalue weighted by molar-refractivity contribution is -0.119. The molecule has 0 aliphatic carbocycles. The Morgan fingerprint density at radius 1 is 1.14 bits per heavy atom. The number of rotatable bonds is 4. The Labute approximate surface area is 182 Å². The summed E-state index contributed by atoms with van der Waals surface area (Å²) in [6.45, 7) is -0.223. The number of amides is 1. The number of hydrogen-bond donors (Lipinski definition) is 0. The molecule has 2 saturated heterocycles. The molecule has 29 heavy (non-hydrogen) atoms. The van der Waals surface area contributed by atoms with Crippen molar-refractivity contribution in [3.05, 3.63) is 58.6 Å². The summed E-state index contributed by atoms with van der Waals surface area (Å²) < 4.78 is 29.7. The van der Waals surface area contributed by atoms with Crippen LogP contribution in [-0.2, 0) is 14.6 Å². The van der Waals surface area contributed by atoms with Crippen LogP contribution in [-0.4, -0.2) is 48.9 Å². The summed E-state index contributed by atoms with van der Waals surface area (Å²) in [4.78, 5) is 18.3. The third-order valence-electron chi connectivity index (χ3n) is 4.58. The predicted octanol–water partition coefficient (Wildman–Crippen LogP) is 3.67. The first-order valence-electron chi connectivity index (χ1n) is 8.74. The van der Waals surface area contributed by atoms with E-state index in [0.717, 1.165) is 0 Å². The van der Waals surface area contributed by atoms with E-state index in [1.54, 1.807) is 35.2 Å². The van der Waals surface area contributed by atoms with Crippen molar-refractivity contribution < 1.29 is 17.9 Å². The van der Waals surface area contributed by atoms with Gasteiger partial charge >= 0.3 is 0 Å². The summed E-state index contributed by atoms with van der Waals surface area (Å²) in [5.74, 6) is 0.103. The third-order valence-corrected chi connectivity index (χ3v) is 8.60. The number of thioether (sulfide) groups is 1. The summed E-state index contributed by atoms with van der Waals surface area (Å²) in [5, 5.41) is 0.814. The number of anilines is 1. The smallest absolute Gasteiger partial charge is 0.285 e. The van der Waals surface area contributed by atoms with Crippen molar-refractivity contribution in [3.63, 3.8) is 0 Å².